The fourth-order valence-corrected chi connectivity index (χ4v) is 3.33. The molecule has 1 fully saturated rings. The summed E-state index contributed by atoms with van der Waals surface area (Å²) in [6.45, 7) is 4.60. The second-order valence-electron chi connectivity index (χ2n) is 6.10. The highest BCUT2D eigenvalue weighted by molar-refractivity contribution is 6.34. The van der Waals surface area contributed by atoms with Gasteiger partial charge < -0.3 is 4.90 Å². The predicted molar refractivity (Wildman–Crippen MR) is 103 cm³/mol. The molecule has 3 nitrogen and oxygen atoms in total. The van der Waals surface area contributed by atoms with E-state index in [-0.39, 0.29) is 5.78 Å². The molecule has 3 rings (SSSR count). The summed E-state index contributed by atoms with van der Waals surface area (Å²) in [5, 5.41) is 1.26. The lowest BCUT2D eigenvalue weighted by atomic mass is 10.1. The summed E-state index contributed by atoms with van der Waals surface area (Å²) in [5.74, 6) is -0.0630. The SMILES string of the molecule is O=C(C=CN1CCN(Cc2cccc(Cl)c2)CC1)c1ccccc1Cl. The van der Waals surface area contributed by atoms with E-state index in [1.54, 1.807) is 18.2 Å². The summed E-state index contributed by atoms with van der Waals surface area (Å²) in [7, 11) is 0. The molecular weight excluding hydrogens is 355 g/mol. The Balaban J connectivity index is 1.51. The van der Waals surface area contributed by atoms with Crippen molar-refractivity contribution in [2.24, 2.45) is 0 Å². The molecule has 0 saturated carbocycles. The zero-order valence-electron chi connectivity index (χ0n) is 13.9. The van der Waals surface area contributed by atoms with Gasteiger partial charge >= 0.3 is 0 Å². The van der Waals surface area contributed by atoms with Gasteiger partial charge in [0.15, 0.2) is 5.78 Å². The van der Waals surface area contributed by atoms with E-state index >= 15 is 0 Å². The number of hydrogen-bond donors (Lipinski definition) is 0. The maximum absolute atomic E-state index is 12.2. The van der Waals surface area contributed by atoms with E-state index in [2.05, 4.69) is 15.9 Å². The van der Waals surface area contributed by atoms with E-state index in [1.165, 1.54) is 5.56 Å². The van der Waals surface area contributed by atoms with Crippen LogP contribution in [0, 0.1) is 0 Å². The van der Waals surface area contributed by atoms with Crippen LogP contribution in [-0.2, 0) is 6.54 Å². The summed E-state index contributed by atoms with van der Waals surface area (Å²) in [6, 6.07) is 15.1. The van der Waals surface area contributed by atoms with Gasteiger partial charge in [-0.1, -0.05) is 47.5 Å². The summed E-state index contributed by atoms with van der Waals surface area (Å²) in [6.07, 6.45) is 3.48. The number of nitrogens with zero attached hydrogens (tertiary/aromatic N) is 2. The molecule has 25 heavy (non-hydrogen) atoms. The van der Waals surface area contributed by atoms with Crippen LogP contribution in [-0.4, -0.2) is 41.8 Å². The van der Waals surface area contributed by atoms with Crippen molar-refractivity contribution in [1.29, 1.82) is 0 Å². The molecule has 2 aromatic rings. The molecule has 0 spiro atoms. The molecule has 1 saturated heterocycles. The average molecular weight is 375 g/mol. The van der Waals surface area contributed by atoms with Crippen molar-refractivity contribution in [3.05, 3.63) is 82.0 Å². The Morgan fingerprint density at radius 1 is 1.00 bits per heavy atom. The molecular formula is C20H20Cl2N2O. The van der Waals surface area contributed by atoms with E-state index < -0.39 is 0 Å². The molecule has 0 radical (unpaired) electrons. The summed E-state index contributed by atoms with van der Waals surface area (Å²) >= 11 is 12.1. The Morgan fingerprint density at radius 2 is 1.76 bits per heavy atom. The van der Waals surface area contributed by atoms with E-state index in [4.69, 9.17) is 23.2 Å². The van der Waals surface area contributed by atoms with Crippen molar-refractivity contribution >= 4 is 29.0 Å². The van der Waals surface area contributed by atoms with Gasteiger partial charge in [-0.15, -0.1) is 0 Å². The van der Waals surface area contributed by atoms with Gasteiger partial charge in [0.2, 0.25) is 0 Å². The normalized spacial score (nSPS) is 15.7. The predicted octanol–water partition coefficient (Wildman–Crippen LogP) is 4.51. The molecule has 1 aliphatic heterocycles. The number of hydrogen-bond acceptors (Lipinski definition) is 3. The van der Waals surface area contributed by atoms with Crippen LogP contribution in [0.1, 0.15) is 15.9 Å². The Bertz CT molecular complexity index is 768. The van der Waals surface area contributed by atoms with E-state index in [0.717, 1.165) is 37.7 Å². The van der Waals surface area contributed by atoms with Gasteiger partial charge in [-0.3, -0.25) is 9.69 Å². The number of piperazine rings is 1. The van der Waals surface area contributed by atoms with Crippen molar-refractivity contribution in [3.63, 3.8) is 0 Å². The van der Waals surface area contributed by atoms with Gasteiger partial charge in [0.05, 0.1) is 5.02 Å². The number of ketones is 1. The van der Waals surface area contributed by atoms with Gasteiger partial charge in [0, 0.05) is 55.6 Å². The molecule has 130 valence electrons. The summed E-state index contributed by atoms with van der Waals surface area (Å²) in [5.41, 5.74) is 1.77. The summed E-state index contributed by atoms with van der Waals surface area (Å²) < 4.78 is 0. The van der Waals surface area contributed by atoms with Crippen LogP contribution in [0.2, 0.25) is 10.0 Å². The number of halogens is 2. The number of carbonyl (C=O) groups excluding carboxylic acids is 1. The van der Waals surface area contributed by atoms with E-state index in [0.29, 0.717) is 10.6 Å². The monoisotopic (exact) mass is 374 g/mol. The number of carbonyl (C=O) groups is 1. The van der Waals surface area contributed by atoms with E-state index in [9.17, 15) is 4.79 Å². The Hall–Kier alpha value is -1.81. The summed E-state index contributed by atoms with van der Waals surface area (Å²) in [4.78, 5) is 16.8. The van der Waals surface area contributed by atoms with Gasteiger partial charge in [-0.2, -0.15) is 0 Å². The first-order valence-corrected chi connectivity index (χ1v) is 9.05. The lowest BCUT2D eigenvalue weighted by Gasteiger charge is -2.34. The van der Waals surface area contributed by atoms with Crippen LogP contribution in [0.15, 0.2) is 60.8 Å². The molecule has 0 aromatic heterocycles. The van der Waals surface area contributed by atoms with Crippen molar-refractivity contribution in [2.75, 3.05) is 26.2 Å². The van der Waals surface area contributed by atoms with Crippen molar-refractivity contribution in [3.8, 4) is 0 Å². The van der Waals surface area contributed by atoms with Gasteiger partial charge in [0.25, 0.3) is 0 Å². The van der Waals surface area contributed by atoms with E-state index in [1.807, 2.05) is 36.5 Å². The fourth-order valence-electron chi connectivity index (χ4n) is 2.89. The lowest BCUT2D eigenvalue weighted by molar-refractivity contribution is 0.104. The first-order valence-electron chi connectivity index (χ1n) is 8.30. The smallest absolute Gasteiger partial charge is 0.188 e. The van der Waals surface area contributed by atoms with Crippen LogP contribution in [0.5, 0.6) is 0 Å². The standard InChI is InChI=1S/C20H20Cl2N2O/c21-17-5-3-4-16(14-17)15-24-12-10-23(11-13-24)9-8-20(25)18-6-1-2-7-19(18)22/h1-9,14H,10-13,15H2. The molecule has 5 heteroatoms. The molecule has 2 aromatic carbocycles. The molecule has 1 heterocycles. The maximum atomic E-state index is 12.2. The zero-order chi connectivity index (χ0) is 17.6. The minimum atomic E-state index is -0.0630. The van der Waals surface area contributed by atoms with Gasteiger partial charge in [0.1, 0.15) is 0 Å². The third kappa shape index (κ3) is 5.08. The zero-order valence-corrected chi connectivity index (χ0v) is 15.4. The van der Waals surface area contributed by atoms with Gasteiger partial charge in [-0.05, 0) is 29.8 Å². The average Bonchev–Trinajstić information content (AvgIpc) is 2.61. The van der Waals surface area contributed by atoms with Crippen LogP contribution >= 0.6 is 23.2 Å². The van der Waals surface area contributed by atoms with Crippen molar-refractivity contribution in [2.45, 2.75) is 6.54 Å². The highest BCUT2D eigenvalue weighted by Crippen LogP contribution is 2.17. The minimum Gasteiger partial charge on any atom is -0.375 e. The maximum Gasteiger partial charge on any atom is 0.188 e. The fraction of sp³-hybridized carbons (Fsp3) is 0.250. The highest BCUT2D eigenvalue weighted by atomic mass is 35.5. The van der Waals surface area contributed by atoms with Crippen LogP contribution in [0.25, 0.3) is 0 Å². The van der Waals surface area contributed by atoms with Crippen molar-refractivity contribution < 1.29 is 4.79 Å². The first kappa shape index (κ1) is 18.0. The highest BCUT2D eigenvalue weighted by Gasteiger charge is 2.15. The van der Waals surface area contributed by atoms with Crippen LogP contribution in [0.3, 0.4) is 0 Å². The molecule has 0 N–H and O–H groups in total. The molecule has 0 unspecified atom stereocenters. The lowest BCUT2D eigenvalue weighted by Crippen LogP contribution is -2.43. The molecule has 0 aliphatic carbocycles. The molecule has 0 bridgehead atoms. The van der Waals surface area contributed by atoms with Gasteiger partial charge in [-0.25, -0.2) is 0 Å². The third-order valence-corrected chi connectivity index (χ3v) is 4.84. The molecule has 0 amide bonds. The Kier molecular flexibility index (Phi) is 6.14. The largest absolute Gasteiger partial charge is 0.375 e. The number of allylic oxidation sites excluding steroid dienone is 1. The molecule has 1 aliphatic rings. The third-order valence-electron chi connectivity index (χ3n) is 4.28. The quantitative estimate of drug-likeness (QED) is 0.568. The topological polar surface area (TPSA) is 23.6 Å². The second kappa shape index (κ2) is 8.52. The van der Waals surface area contributed by atoms with Crippen LogP contribution < -0.4 is 0 Å². The number of benzene rings is 2. The van der Waals surface area contributed by atoms with Crippen LogP contribution in [0.4, 0.5) is 0 Å². The first-order chi connectivity index (χ1) is 12.1. The number of rotatable bonds is 5. The molecule has 0 atom stereocenters. The Labute approximate surface area is 158 Å². The minimum absolute atomic E-state index is 0.0630. The van der Waals surface area contributed by atoms with Crippen molar-refractivity contribution in [1.82, 2.24) is 9.80 Å². The second-order valence-corrected chi connectivity index (χ2v) is 6.95. The Morgan fingerprint density at radius 3 is 2.48 bits per heavy atom.